The summed E-state index contributed by atoms with van der Waals surface area (Å²) in [6.45, 7) is 0.316. The number of carboxylic acid groups (broad SMARTS) is 1. The van der Waals surface area contributed by atoms with Gasteiger partial charge in [0, 0.05) is 25.1 Å². The minimum absolute atomic E-state index is 0.0132. The number of nitrogens with zero attached hydrogens (tertiary/aromatic N) is 2. The highest BCUT2D eigenvalue weighted by atomic mass is 32.2. The van der Waals surface area contributed by atoms with Crippen molar-refractivity contribution < 1.29 is 22.8 Å². The van der Waals surface area contributed by atoms with Crippen molar-refractivity contribution in [2.24, 2.45) is 0 Å². The normalized spacial score (nSPS) is 17.1. The lowest BCUT2D eigenvalue weighted by molar-refractivity contribution is 0.0649. The molecule has 0 amide bonds. The van der Waals surface area contributed by atoms with Gasteiger partial charge >= 0.3 is 5.97 Å². The Morgan fingerprint density at radius 3 is 2.81 bits per heavy atom. The van der Waals surface area contributed by atoms with E-state index in [0.717, 1.165) is 6.26 Å². The van der Waals surface area contributed by atoms with Crippen LogP contribution in [0, 0.1) is 0 Å². The van der Waals surface area contributed by atoms with E-state index in [1.807, 2.05) is 0 Å². The maximum absolute atomic E-state index is 11.3. The number of hydrogen-bond donors (Lipinski definition) is 1. The molecule has 1 aromatic rings. The van der Waals surface area contributed by atoms with Gasteiger partial charge in [-0.3, -0.25) is 0 Å². The highest BCUT2D eigenvalue weighted by Crippen LogP contribution is 2.23. The Hall–Kier alpha value is -1.41. The summed E-state index contributed by atoms with van der Waals surface area (Å²) in [6, 6.07) is 0. The van der Waals surface area contributed by atoms with Gasteiger partial charge in [-0.15, -0.1) is 0 Å². The summed E-state index contributed by atoms with van der Waals surface area (Å²) in [5, 5.41) is 12.4. The number of carbonyl (C=O) groups is 1. The van der Waals surface area contributed by atoms with Gasteiger partial charge in [0.25, 0.3) is 0 Å². The summed E-state index contributed by atoms with van der Waals surface area (Å²) in [5.41, 5.74) is 0.876. The fourth-order valence-electron chi connectivity index (χ4n) is 1.64. The largest absolute Gasteiger partial charge is 0.475 e. The number of aromatic carboxylic acids is 1. The summed E-state index contributed by atoms with van der Waals surface area (Å²) >= 11 is 0. The molecule has 0 fully saturated rings. The molecule has 0 spiro atoms. The van der Waals surface area contributed by atoms with Crippen molar-refractivity contribution in [3.8, 4) is 0 Å². The van der Waals surface area contributed by atoms with Crippen molar-refractivity contribution in [1.29, 1.82) is 0 Å². The van der Waals surface area contributed by atoms with Crippen LogP contribution in [0.3, 0.4) is 0 Å². The standard InChI is InChI=1S/C8H10N2O5S/c1-16(13,14)10-3-2-6-5(4-10)7(8(11)12)15-9-6/h2-4H2,1H3,(H,11,12). The van der Waals surface area contributed by atoms with Gasteiger partial charge < -0.3 is 9.63 Å². The molecule has 0 bridgehead atoms. The van der Waals surface area contributed by atoms with Crippen LogP contribution < -0.4 is 0 Å². The Kier molecular flexibility index (Phi) is 2.47. The van der Waals surface area contributed by atoms with Crippen LogP contribution >= 0.6 is 0 Å². The summed E-state index contributed by atoms with van der Waals surface area (Å²) in [5.74, 6) is -1.51. The summed E-state index contributed by atoms with van der Waals surface area (Å²) in [7, 11) is -3.32. The van der Waals surface area contributed by atoms with E-state index >= 15 is 0 Å². The fraction of sp³-hybridized carbons (Fsp3) is 0.500. The molecular formula is C8H10N2O5S. The van der Waals surface area contributed by atoms with Gasteiger partial charge in [-0.2, -0.15) is 4.31 Å². The average Bonchev–Trinajstić information content (AvgIpc) is 2.58. The minimum Gasteiger partial charge on any atom is -0.475 e. The Labute approximate surface area is 91.7 Å². The first kappa shape index (κ1) is 11.1. The summed E-state index contributed by atoms with van der Waals surface area (Å²) in [6.07, 6.45) is 1.46. The number of carboxylic acids is 1. The SMILES string of the molecule is CS(=O)(=O)N1CCc2noc(C(=O)O)c2C1. The monoisotopic (exact) mass is 246 g/mol. The summed E-state index contributed by atoms with van der Waals surface area (Å²) in [4.78, 5) is 10.8. The summed E-state index contributed by atoms with van der Waals surface area (Å²) < 4.78 is 28.5. The first-order valence-electron chi connectivity index (χ1n) is 4.55. The molecule has 88 valence electrons. The van der Waals surface area contributed by atoms with Crippen molar-refractivity contribution >= 4 is 16.0 Å². The van der Waals surface area contributed by atoms with Gasteiger partial charge in [0.2, 0.25) is 15.8 Å². The van der Waals surface area contributed by atoms with E-state index in [2.05, 4.69) is 9.68 Å². The van der Waals surface area contributed by atoms with Crippen LogP contribution in [0.25, 0.3) is 0 Å². The minimum atomic E-state index is -3.32. The van der Waals surface area contributed by atoms with Crippen LogP contribution in [0.4, 0.5) is 0 Å². The third kappa shape index (κ3) is 1.81. The lowest BCUT2D eigenvalue weighted by Gasteiger charge is -2.23. The first-order valence-corrected chi connectivity index (χ1v) is 6.40. The molecule has 2 rings (SSSR count). The van der Waals surface area contributed by atoms with Crippen LogP contribution in [0.1, 0.15) is 21.8 Å². The second-order valence-electron chi connectivity index (χ2n) is 3.59. The van der Waals surface area contributed by atoms with E-state index in [0.29, 0.717) is 24.2 Å². The maximum atomic E-state index is 11.3. The van der Waals surface area contributed by atoms with Crippen LogP contribution in [0.15, 0.2) is 4.52 Å². The van der Waals surface area contributed by atoms with Crippen molar-refractivity contribution in [2.45, 2.75) is 13.0 Å². The topological polar surface area (TPSA) is 101 Å². The van der Waals surface area contributed by atoms with E-state index in [4.69, 9.17) is 5.11 Å². The van der Waals surface area contributed by atoms with Crippen molar-refractivity contribution in [1.82, 2.24) is 9.46 Å². The van der Waals surface area contributed by atoms with Gasteiger partial charge in [-0.05, 0) is 0 Å². The number of sulfonamides is 1. The Balaban J connectivity index is 2.38. The smallest absolute Gasteiger partial charge is 0.375 e. The van der Waals surface area contributed by atoms with Crippen LogP contribution in [-0.4, -0.2) is 41.8 Å². The van der Waals surface area contributed by atoms with Crippen LogP contribution in [-0.2, 0) is 23.0 Å². The van der Waals surface area contributed by atoms with Crippen molar-refractivity contribution in [3.63, 3.8) is 0 Å². The number of fused-ring (bicyclic) bond motifs is 1. The van der Waals surface area contributed by atoms with Crippen molar-refractivity contribution in [3.05, 3.63) is 17.0 Å². The molecule has 0 saturated heterocycles. The van der Waals surface area contributed by atoms with Crippen molar-refractivity contribution in [2.75, 3.05) is 12.8 Å². The third-order valence-electron chi connectivity index (χ3n) is 2.47. The molecule has 0 saturated carbocycles. The molecule has 1 aliphatic rings. The molecule has 7 nitrogen and oxygen atoms in total. The zero-order valence-corrected chi connectivity index (χ0v) is 9.32. The van der Waals surface area contributed by atoms with Gasteiger partial charge in [-0.25, -0.2) is 13.2 Å². The molecule has 8 heteroatoms. The Bertz CT molecular complexity index is 533. The van der Waals surface area contributed by atoms with E-state index in [9.17, 15) is 13.2 Å². The molecule has 0 aliphatic carbocycles. The predicted octanol–water partition coefficient (Wildman–Crippen LogP) is -0.310. The highest BCUT2D eigenvalue weighted by Gasteiger charge is 2.30. The van der Waals surface area contributed by atoms with Gasteiger partial charge in [-0.1, -0.05) is 5.16 Å². The zero-order valence-electron chi connectivity index (χ0n) is 8.50. The lowest BCUT2D eigenvalue weighted by Crippen LogP contribution is -2.35. The van der Waals surface area contributed by atoms with Crippen LogP contribution in [0.5, 0.6) is 0 Å². The third-order valence-corrected chi connectivity index (χ3v) is 3.72. The average molecular weight is 246 g/mol. The van der Waals surface area contributed by atoms with Gasteiger partial charge in [0.15, 0.2) is 0 Å². The Morgan fingerprint density at radius 2 is 2.25 bits per heavy atom. The second kappa shape index (κ2) is 3.56. The number of hydrogen-bond acceptors (Lipinski definition) is 5. The first-order chi connectivity index (χ1) is 7.39. The van der Waals surface area contributed by atoms with Gasteiger partial charge in [0.05, 0.1) is 11.9 Å². The molecule has 16 heavy (non-hydrogen) atoms. The van der Waals surface area contributed by atoms with E-state index in [-0.39, 0.29) is 12.3 Å². The second-order valence-corrected chi connectivity index (χ2v) is 5.57. The number of aromatic nitrogens is 1. The zero-order chi connectivity index (χ0) is 11.9. The molecule has 1 N–H and O–H groups in total. The van der Waals surface area contributed by atoms with E-state index in [1.54, 1.807) is 0 Å². The predicted molar refractivity (Wildman–Crippen MR) is 52.4 cm³/mol. The fourth-order valence-corrected chi connectivity index (χ4v) is 2.43. The van der Waals surface area contributed by atoms with E-state index in [1.165, 1.54) is 4.31 Å². The molecule has 0 aromatic carbocycles. The van der Waals surface area contributed by atoms with Crippen LogP contribution in [0.2, 0.25) is 0 Å². The molecule has 1 aromatic heterocycles. The molecule has 0 radical (unpaired) electrons. The molecular weight excluding hydrogens is 236 g/mol. The maximum Gasteiger partial charge on any atom is 0.375 e. The molecule has 0 atom stereocenters. The lowest BCUT2D eigenvalue weighted by atomic mass is 10.1. The number of rotatable bonds is 2. The highest BCUT2D eigenvalue weighted by molar-refractivity contribution is 7.88. The van der Waals surface area contributed by atoms with Gasteiger partial charge in [0.1, 0.15) is 0 Å². The quantitative estimate of drug-likeness (QED) is 0.768. The van der Waals surface area contributed by atoms with E-state index < -0.39 is 16.0 Å². The molecule has 2 heterocycles. The Morgan fingerprint density at radius 1 is 1.56 bits per heavy atom. The molecule has 1 aliphatic heterocycles. The molecule has 0 unspecified atom stereocenters.